The molecular formula is C9H5F3N2O4S. The molecule has 0 saturated carbocycles. The number of sulfonamides is 1. The summed E-state index contributed by atoms with van der Waals surface area (Å²) in [5.74, 6) is -1.49. The van der Waals surface area contributed by atoms with Crippen LogP contribution in [0.1, 0.15) is 20.7 Å². The van der Waals surface area contributed by atoms with Gasteiger partial charge in [-0.2, -0.15) is 21.6 Å². The highest BCUT2D eigenvalue weighted by Crippen LogP contribution is 2.27. The zero-order valence-electron chi connectivity index (χ0n) is 8.91. The number of carbonyl (C=O) groups is 2. The molecule has 0 spiro atoms. The van der Waals surface area contributed by atoms with E-state index in [0.717, 1.165) is 18.2 Å². The monoisotopic (exact) mass is 294 g/mol. The van der Waals surface area contributed by atoms with Gasteiger partial charge in [-0.3, -0.25) is 19.6 Å². The van der Waals surface area contributed by atoms with Crippen LogP contribution in [-0.2, 0) is 10.0 Å². The third-order valence-electron chi connectivity index (χ3n) is 2.29. The Bertz CT molecular complexity index is 681. The quantitative estimate of drug-likeness (QED) is 0.790. The van der Waals surface area contributed by atoms with Crippen LogP contribution in [0, 0.1) is 0 Å². The second-order valence-electron chi connectivity index (χ2n) is 3.59. The van der Waals surface area contributed by atoms with Gasteiger partial charge in [0.2, 0.25) is 0 Å². The molecular weight excluding hydrogens is 289 g/mol. The van der Waals surface area contributed by atoms with Crippen LogP contribution in [-0.4, -0.2) is 25.7 Å². The predicted octanol–water partition coefficient (Wildman–Crippen LogP) is 0.832. The smallest absolute Gasteiger partial charge is 0.288 e. The Morgan fingerprint density at radius 1 is 1.05 bits per heavy atom. The van der Waals surface area contributed by atoms with E-state index in [2.05, 4.69) is 0 Å². The third kappa shape index (κ3) is 2.26. The summed E-state index contributed by atoms with van der Waals surface area (Å²) in [4.78, 5) is 22.4. The van der Waals surface area contributed by atoms with Crippen molar-refractivity contribution >= 4 is 27.5 Å². The van der Waals surface area contributed by atoms with E-state index >= 15 is 0 Å². The summed E-state index contributed by atoms with van der Waals surface area (Å²) in [6.07, 6.45) is 0. The number of alkyl halides is 3. The number of anilines is 1. The average molecular weight is 294 g/mol. The van der Waals surface area contributed by atoms with Gasteiger partial charge in [-0.15, -0.1) is 0 Å². The maximum Gasteiger partial charge on any atom is 0.516 e. The van der Waals surface area contributed by atoms with Crippen molar-refractivity contribution in [2.75, 3.05) is 4.72 Å². The molecule has 0 bridgehead atoms. The van der Waals surface area contributed by atoms with Gasteiger partial charge < -0.3 is 0 Å². The Balaban J connectivity index is 2.38. The lowest BCUT2D eigenvalue weighted by molar-refractivity contribution is -0.0429. The number of rotatable bonds is 2. The molecule has 6 nitrogen and oxygen atoms in total. The number of halogens is 3. The summed E-state index contributed by atoms with van der Waals surface area (Å²) in [7, 11) is -5.57. The lowest BCUT2D eigenvalue weighted by atomic mass is 10.1. The highest BCUT2D eigenvalue weighted by Gasteiger charge is 2.46. The second kappa shape index (κ2) is 3.95. The molecule has 0 unspecified atom stereocenters. The van der Waals surface area contributed by atoms with E-state index in [-0.39, 0.29) is 11.1 Å². The number of hydrogen-bond acceptors (Lipinski definition) is 4. The molecule has 0 radical (unpaired) electrons. The third-order valence-corrected chi connectivity index (χ3v) is 3.41. The van der Waals surface area contributed by atoms with Crippen LogP contribution in [0.3, 0.4) is 0 Å². The van der Waals surface area contributed by atoms with E-state index in [9.17, 15) is 31.2 Å². The number of benzene rings is 1. The van der Waals surface area contributed by atoms with Gasteiger partial charge in [-0.1, -0.05) is 0 Å². The zero-order valence-corrected chi connectivity index (χ0v) is 9.72. The number of imide groups is 1. The van der Waals surface area contributed by atoms with Crippen LogP contribution in [0.5, 0.6) is 0 Å². The number of amides is 2. The molecule has 1 aliphatic heterocycles. The number of fused-ring (bicyclic) bond motifs is 1. The minimum atomic E-state index is -5.57. The average Bonchev–Trinajstić information content (AvgIpc) is 2.52. The van der Waals surface area contributed by atoms with Crippen molar-refractivity contribution < 1.29 is 31.2 Å². The largest absolute Gasteiger partial charge is 0.516 e. The Morgan fingerprint density at radius 3 is 2.21 bits per heavy atom. The van der Waals surface area contributed by atoms with Crippen molar-refractivity contribution in [1.29, 1.82) is 0 Å². The van der Waals surface area contributed by atoms with Crippen LogP contribution >= 0.6 is 0 Å². The summed E-state index contributed by atoms with van der Waals surface area (Å²) in [6.45, 7) is 0. The van der Waals surface area contributed by atoms with E-state index in [4.69, 9.17) is 0 Å². The summed E-state index contributed by atoms with van der Waals surface area (Å²) in [5, 5.41) is 1.93. The van der Waals surface area contributed by atoms with Crippen molar-refractivity contribution in [1.82, 2.24) is 5.32 Å². The molecule has 10 heteroatoms. The topological polar surface area (TPSA) is 92.3 Å². The Kier molecular flexibility index (Phi) is 2.77. The van der Waals surface area contributed by atoms with Crippen LogP contribution in [0.15, 0.2) is 18.2 Å². The molecule has 102 valence electrons. The van der Waals surface area contributed by atoms with Gasteiger partial charge in [0, 0.05) is 5.69 Å². The van der Waals surface area contributed by atoms with Crippen molar-refractivity contribution in [3.63, 3.8) is 0 Å². The van der Waals surface area contributed by atoms with Crippen molar-refractivity contribution in [2.45, 2.75) is 5.51 Å². The standard InChI is InChI=1S/C9H5F3N2O4S/c10-9(11,12)19(17,18)14-4-1-2-5-6(3-4)8(16)13-7(5)15/h1-3,14H,(H,13,15,16). The molecule has 1 heterocycles. The van der Waals surface area contributed by atoms with E-state index in [1.807, 2.05) is 5.32 Å². The number of carbonyl (C=O) groups excluding carboxylic acids is 2. The SMILES string of the molecule is O=C1NC(=O)c2cc(NS(=O)(=O)C(F)(F)F)ccc21. The maximum absolute atomic E-state index is 12.1. The summed E-state index contributed by atoms with van der Waals surface area (Å²) in [6, 6.07) is 2.88. The first-order valence-electron chi connectivity index (χ1n) is 4.70. The summed E-state index contributed by atoms with van der Waals surface area (Å²) in [5.41, 5.74) is -6.14. The van der Waals surface area contributed by atoms with Gasteiger partial charge in [0.1, 0.15) is 0 Å². The van der Waals surface area contributed by atoms with E-state index < -0.39 is 33.0 Å². The fraction of sp³-hybridized carbons (Fsp3) is 0.111. The van der Waals surface area contributed by atoms with Gasteiger partial charge in [-0.25, -0.2) is 0 Å². The highest BCUT2D eigenvalue weighted by atomic mass is 32.2. The molecule has 0 fully saturated rings. The Hall–Kier alpha value is -2.10. The molecule has 2 N–H and O–H groups in total. The highest BCUT2D eigenvalue weighted by molar-refractivity contribution is 7.93. The lowest BCUT2D eigenvalue weighted by Crippen LogP contribution is -2.30. The molecule has 1 aromatic carbocycles. The van der Waals surface area contributed by atoms with Crippen LogP contribution in [0.25, 0.3) is 0 Å². The van der Waals surface area contributed by atoms with Gasteiger partial charge in [-0.05, 0) is 18.2 Å². The number of nitrogens with one attached hydrogen (secondary N) is 2. The van der Waals surface area contributed by atoms with Gasteiger partial charge in [0.05, 0.1) is 11.1 Å². The van der Waals surface area contributed by atoms with Crippen LogP contribution in [0.2, 0.25) is 0 Å². The normalized spacial score (nSPS) is 15.1. The summed E-state index contributed by atoms with van der Waals surface area (Å²) < 4.78 is 59.5. The molecule has 0 aromatic heterocycles. The van der Waals surface area contributed by atoms with E-state index in [0.29, 0.717) is 0 Å². The molecule has 1 aliphatic rings. The fourth-order valence-electron chi connectivity index (χ4n) is 1.44. The molecule has 2 rings (SSSR count). The van der Waals surface area contributed by atoms with Gasteiger partial charge in [0.25, 0.3) is 11.8 Å². The number of hydrogen-bond donors (Lipinski definition) is 2. The van der Waals surface area contributed by atoms with Crippen LogP contribution in [0.4, 0.5) is 18.9 Å². The molecule has 2 amide bonds. The predicted molar refractivity (Wildman–Crippen MR) is 56.8 cm³/mol. The first-order valence-corrected chi connectivity index (χ1v) is 6.19. The second-order valence-corrected chi connectivity index (χ2v) is 5.27. The van der Waals surface area contributed by atoms with E-state index in [1.54, 1.807) is 0 Å². The lowest BCUT2D eigenvalue weighted by Gasteiger charge is -2.10. The molecule has 1 aromatic rings. The van der Waals surface area contributed by atoms with Crippen molar-refractivity contribution in [2.24, 2.45) is 0 Å². The first kappa shape index (κ1) is 13.3. The minimum absolute atomic E-state index is 0.0278. The van der Waals surface area contributed by atoms with E-state index in [1.165, 1.54) is 4.72 Å². The minimum Gasteiger partial charge on any atom is -0.288 e. The maximum atomic E-state index is 12.1. The zero-order chi connectivity index (χ0) is 14.4. The molecule has 0 saturated heterocycles. The van der Waals surface area contributed by atoms with Gasteiger partial charge >= 0.3 is 15.5 Å². The molecule has 19 heavy (non-hydrogen) atoms. The fourth-order valence-corrected chi connectivity index (χ4v) is 2.00. The van der Waals surface area contributed by atoms with Gasteiger partial charge in [0.15, 0.2) is 0 Å². The molecule has 0 atom stereocenters. The van der Waals surface area contributed by atoms with Crippen LogP contribution < -0.4 is 10.0 Å². The Labute approximate surface area is 104 Å². The Morgan fingerprint density at radius 2 is 1.63 bits per heavy atom. The van der Waals surface area contributed by atoms with Crippen molar-refractivity contribution in [3.8, 4) is 0 Å². The van der Waals surface area contributed by atoms with Crippen molar-refractivity contribution in [3.05, 3.63) is 29.3 Å². The first-order chi connectivity index (χ1) is 8.62. The summed E-state index contributed by atoms with van der Waals surface area (Å²) >= 11 is 0. The molecule has 0 aliphatic carbocycles.